The molecule has 0 radical (unpaired) electrons. The first-order chi connectivity index (χ1) is 14.5. The van der Waals surface area contributed by atoms with Crippen LogP contribution in [0.25, 0.3) is 10.9 Å². The van der Waals surface area contributed by atoms with E-state index in [2.05, 4.69) is 30.8 Å². The minimum atomic E-state index is -0.849. The minimum absolute atomic E-state index is 0.500. The summed E-state index contributed by atoms with van der Waals surface area (Å²) in [7, 11) is 4.74. The molecule has 7 nitrogen and oxygen atoms in total. The second-order valence-electron chi connectivity index (χ2n) is 7.26. The molecule has 0 atom stereocenters. The fourth-order valence-electron chi connectivity index (χ4n) is 4.04. The molecule has 1 aromatic heterocycles. The third-order valence-corrected chi connectivity index (χ3v) is 6.21. The van der Waals surface area contributed by atoms with Crippen LogP contribution in [0.1, 0.15) is 18.4 Å². The van der Waals surface area contributed by atoms with E-state index >= 15 is 0 Å². The van der Waals surface area contributed by atoms with Crippen LogP contribution in [0.5, 0.6) is 17.2 Å². The first kappa shape index (κ1) is 20.7. The summed E-state index contributed by atoms with van der Waals surface area (Å²) in [6, 6.07) is 9.75. The molecule has 0 saturated carbocycles. The van der Waals surface area contributed by atoms with Crippen molar-refractivity contribution in [1.82, 2.24) is 9.97 Å². The van der Waals surface area contributed by atoms with E-state index in [0.717, 1.165) is 21.2 Å². The van der Waals surface area contributed by atoms with Crippen LogP contribution in [0.15, 0.2) is 41.1 Å². The Kier molecular flexibility index (Phi) is 5.71. The molecule has 1 saturated heterocycles. The maximum Gasteiger partial charge on any atom is 0.205 e. The van der Waals surface area contributed by atoms with Gasteiger partial charge in [0.15, 0.2) is 11.5 Å². The normalized spacial score (nSPS) is 15.8. The van der Waals surface area contributed by atoms with Crippen molar-refractivity contribution in [3.05, 3.63) is 46.7 Å². The maximum absolute atomic E-state index is 11.2. The molecule has 2 heterocycles. The Morgan fingerprint density at radius 3 is 2.23 bits per heavy atom. The van der Waals surface area contributed by atoms with Crippen molar-refractivity contribution in [2.45, 2.75) is 18.4 Å². The largest absolute Gasteiger partial charge is 0.493 e. The summed E-state index contributed by atoms with van der Waals surface area (Å²) in [5.41, 5.74) is 0.749. The third-order valence-electron chi connectivity index (χ3n) is 5.68. The van der Waals surface area contributed by atoms with Gasteiger partial charge in [-0.1, -0.05) is 28.1 Å². The maximum atomic E-state index is 11.2. The van der Waals surface area contributed by atoms with Crippen LogP contribution >= 0.6 is 15.9 Å². The van der Waals surface area contributed by atoms with Crippen molar-refractivity contribution in [2.24, 2.45) is 0 Å². The second-order valence-corrected chi connectivity index (χ2v) is 8.18. The smallest absolute Gasteiger partial charge is 0.205 e. The zero-order chi connectivity index (χ0) is 21.3. The van der Waals surface area contributed by atoms with Gasteiger partial charge in [0, 0.05) is 17.6 Å². The zero-order valence-electron chi connectivity index (χ0n) is 17.2. The standard InChI is InChI=1S/C22H24BrN3O4/c1-28-17-12-16-18(20(30-3)19(17)29-2)24-13-25-21(16)26-10-8-22(27,9-11-26)14-4-6-15(23)7-5-14/h4-7,12-13,27H,8-11H2,1-3H3. The Morgan fingerprint density at radius 2 is 1.63 bits per heavy atom. The molecule has 3 aromatic rings. The number of hydrogen-bond acceptors (Lipinski definition) is 7. The monoisotopic (exact) mass is 473 g/mol. The van der Waals surface area contributed by atoms with Gasteiger partial charge in [-0.25, -0.2) is 9.97 Å². The lowest BCUT2D eigenvalue weighted by molar-refractivity contribution is 0.0117. The van der Waals surface area contributed by atoms with E-state index in [9.17, 15) is 5.11 Å². The first-order valence-electron chi connectivity index (χ1n) is 9.68. The molecule has 1 N–H and O–H groups in total. The van der Waals surface area contributed by atoms with Crippen molar-refractivity contribution in [3.63, 3.8) is 0 Å². The van der Waals surface area contributed by atoms with Crippen molar-refractivity contribution < 1.29 is 19.3 Å². The molecule has 2 aromatic carbocycles. The molecule has 1 aliphatic rings. The minimum Gasteiger partial charge on any atom is -0.493 e. The molecule has 1 aliphatic heterocycles. The average Bonchev–Trinajstić information content (AvgIpc) is 2.78. The highest BCUT2D eigenvalue weighted by molar-refractivity contribution is 9.10. The molecule has 0 aliphatic carbocycles. The summed E-state index contributed by atoms with van der Waals surface area (Å²) in [5.74, 6) is 2.36. The molecule has 0 spiro atoms. The molecule has 158 valence electrons. The molecule has 0 unspecified atom stereocenters. The Balaban J connectivity index is 1.68. The number of benzene rings is 2. The molecule has 4 rings (SSSR count). The summed E-state index contributed by atoms with van der Waals surface area (Å²) in [6.45, 7) is 1.32. The van der Waals surface area contributed by atoms with Crippen LogP contribution in [-0.2, 0) is 5.60 Å². The molecule has 8 heteroatoms. The van der Waals surface area contributed by atoms with Crippen molar-refractivity contribution >= 4 is 32.7 Å². The average molecular weight is 474 g/mol. The number of hydrogen-bond donors (Lipinski definition) is 1. The fourth-order valence-corrected chi connectivity index (χ4v) is 4.30. The Bertz CT molecular complexity index is 1050. The number of ether oxygens (including phenoxy) is 3. The summed E-state index contributed by atoms with van der Waals surface area (Å²) < 4.78 is 17.6. The molecular formula is C22H24BrN3O4. The number of aromatic nitrogens is 2. The molecule has 1 fully saturated rings. The number of piperidine rings is 1. The van der Waals surface area contributed by atoms with Crippen molar-refractivity contribution in [1.29, 1.82) is 0 Å². The van der Waals surface area contributed by atoms with Gasteiger partial charge in [-0.15, -0.1) is 0 Å². The van der Waals surface area contributed by atoms with Gasteiger partial charge in [-0.3, -0.25) is 0 Å². The fraction of sp³-hybridized carbons (Fsp3) is 0.364. The highest BCUT2D eigenvalue weighted by Crippen LogP contribution is 2.45. The molecule has 0 amide bonds. The summed E-state index contributed by atoms with van der Waals surface area (Å²) >= 11 is 3.45. The van der Waals surface area contributed by atoms with Crippen LogP contribution in [-0.4, -0.2) is 49.5 Å². The van der Waals surface area contributed by atoms with Gasteiger partial charge >= 0.3 is 0 Å². The number of anilines is 1. The number of nitrogens with zero attached hydrogens (tertiary/aromatic N) is 3. The van der Waals surface area contributed by atoms with E-state index in [4.69, 9.17) is 14.2 Å². The van der Waals surface area contributed by atoms with Crippen LogP contribution in [0.2, 0.25) is 0 Å². The van der Waals surface area contributed by atoms with Crippen LogP contribution in [0.4, 0.5) is 5.82 Å². The first-order valence-corrected chi connectivity index (χ1v) is 10.5. The molecular weight excluding hydrogens is 450 g/mol. The lowest BCUT2D eigenvalue weighted by Crippen LogP contribution is -2.43. The third kappa shape index (κ3) is 3.54. The number of methoxy groups -OCH3 is 3. The quantitative estimate of drug-likeness (QED) is 0.601. The number of fused-ring (bicyclic) bond motifs is 1. The zero-order valence-corrected chi connectivity index (χ0v) is 18.8. The Morgan fingerprint density at radius 1 is 0.967 bits per heavy atom. The van der Waals surface area contributed by atoms with E-state index in [1.165, 1.54) is 6.33 Å². The predicted molar refractivity (Wildman–Crippen MR) is 119 cm³/mol. The summed E-state index contributed by atoms with van der Waals surface area (Å²) in [6.07, 6.45) is 2.73. The predicted octanol–water partition coefficient (Wildman–Crippen LogP) is 3.91. The van der Waals surface area contributed by atoms with Crippen molar-refractivity contribution in [3.8, 4) is 17.2 Å². The summed E-state index contributed by atoms with van der Waals surface area (Å²) in [5, 5.41) is 12.0. The Hall–Kier alpha value is -2.58. The van der Waals surface area contributed by atoms with Crippen LogP contribution < -0.4 is 19.1 Å². The molecule has 0 bridgehead atoms. The SMILES string of the molecule is COc1cc2c(N3CCC(O)(c4ccc(Br)cc4)CC3)ncnc2c(OC)c1OC. The van der Waals surface area contributed by atoms with E-state index in [1.54, 1.807) is 21.3 Å². The van der Waals surface area contributed by atoms with Gasteiger partial charge in [-0.05, 0) is 36.6 Å². The van der Waals surface area contributed by atoms with Gasteiger partial charge < -0.3 is 24.2 Å². The number of rotatable bonds is 5. The topological polar surface area (TPSA) is 76.9 Å². The van der Waals surface area contributed by atoms with Gasteiger partial charge in [0.2, 0.25) is 5.75 Å². The van der Waals surface area contributed by atoms with E-state index in [0.29, 0.717) is 48.7 Å². The van der Waals surface area contributed by atoms with E-state index in [1.807, 2.05) is 30.3 Å². The lowest BCUT2D eigenvalue weighted by atomic mass is 9.84. The van der Waals surface area contributed by atoms with Gasteiger partial charge in [0.1, 0.15) is 17.7 Å². The Labute approximate surface area is 183 Å². The highest BCUT2D eigenvalue weighted by Gasteiger charge is 2.35. The van der Waals surface area contributed by atoms with Gasteiger partial charge in [0.25, 0.3) is 0 Å². The molecule has 30 heavy (non-hydrogen) atoms. The number of halogens is 1. The van der Waals surface area contributed by atoms with E-state index in [-0.39, 0.29) is 0 Å². The van der Waals surface area contributed by atoms with Gasteiger partial charge in [-0.2, -0.15) is 0 Å². The summed E-state index contributed by atoms with van der Waals surface area (Å²) in [4.78, 5) is 11.1. The number of aliphatic hydroxyl groups is 1. The van der Waals surface area contributed by atoms with Gasteiger partial charge in [0.05, 0.1) is 32.3 Å². The second kappa shape index (κ2) is 8.28. The van der Waals surface area contributed by atoms with Crippen molar-refractivity contribution in [2.75, 3.05) is 39.3 Å². The van der Waals surface area contributed by atoms with Crippen LogP contribution in [0.3, 0.4) is 0 Å². The van der Waals surface area contributed by atoms with E-state index < -0.39 is 5.60 Å². The van der Waals surface area contributed by atoms with Crippen LogP contribution in [0, 0.1) is 0 Å². The lowest BCUT2D eigenvalue weighted by Gasteiger charge is -2.39. The highest BCUT2D eigenvalue weighted by atomic mass is 79.9.